The maximum Gasteiger partial charge on any atom is 0.337 e. The summed E-state index contributed by atoms with van der Waals surface area (Å²) in [6, 6.07) is 1.94. The molecule has 1 aromatic heterocycles. The maximum atomic E-state index is 11.1. The van der Waals surface area contributed by atoms with Crippen LogP contribution in [0.4, 0.5) is 5.69 Å². The van der Waals surface area contributed by atoms with Gasteiger partial charge in [-0.25, -0.2) is 4.79 Å². The molecule has 0 atom stereocenters. The molecule has 2 rings (SSSR count). The van der Waals surface area contributed by atoms with Gasteiger partial charge >= 0.3 is 5.97 Å². The molecule has 5 heteroatoms. The van der Waals surface area contributed by atoms with Gasteiger partial charge in [0.2, 0.25) is 0 Å². The van der Waals surface area contributed by atoms with Crippen LogP contribution in [0.15, 0.2) is 18.5 Å². The van der Waals surface area contributed by atoms with Gasteiger partial charge in [0.05, 0.1) is 17.4 Å². The lowest BCUT2D eigenvalue weighted by molar-refractivity contribution is 0.0697. The van der Waals surface area contributed by atoms with Crippen LogP contribution in [0, 0.1) is 0 Å². The maximum absolute atomic E-state index is 11.1. The van der Waals surface area contributed by atoms with Gasteiger partial charge in [0.1, 0.15) is 0 Å². The molecule has 1 aliphatic rings. The SMILES string of the molecule is CN(c1cnccc1C(=O)O)C1CCNCC1. The van der Waals surface area contributed by atoms with E-state index < -0.39 is 5.97 Å². The van der Waals surface area contributed by atoms with Crippen LogP contribution in [0.25, 0.3) is 0 Å². The lowest BCUT2D eigenvalue weighted by atomic mass is 10.0. The fourth-order valence-corrected chi connectivity index (χ4v) is 2.24. The van der Waals surface area contributed by atoms with E-state index in [0.717, 1.165) is 25.9 Å². The molecular formula is C12H17N3O2. The van der Waals surface area contributed by atoms with E-state index in [1.165, 1.54) is 6.20 Å². The molecule has 2 N–H and O–H groups in total. The predicted molar refractivity (Wildman–Crippen MR) is 65.5 cm³/mol. The number of nitrogens with zero attached hydrogens (tertiary/aromatic N) is 2. The summed E-state index contributed by atoms with van der Waals surface area (Å²) in [7, 11) is 1.94. The third kappa shape index (κ3) is 2.55. The van der Waals surface area contributed by atoms with Crippen molar-refractivity contribution in [2.45, 2.75) is 18.9 Å². The Labute approximate surface area is 100 Å². The summed E-state index contributed by atoms with van der Waals surface area (Å²) < 4.78 is 0. The minimum absolute atomic E-state index is 0.320. The Morgan fingerprint density at radius 2 is 2.24 bits per heavy atom. The van der Waals surface area contributed by atoms with E-state index in [1.807, 2.05) is 11.9 Å². The van der Waals surface area contributed by atoms with Crippen LogP contribution in [0.1, 0.15) is 23.2 Å². The average molecular weight is 235 g/mol. The second-order valence-electron chi connectivity index (χ2n) is 4.29. The molecule has 0 unspecified atom stereocenters. The number of rotatable bonds is 3. The monoisotopic (exact) mass is 235 g/mol. The van der Waals surface area contributed by atoms with Crippen molar-refractivity contribution in [3.8, 4) is 0 Å². The van der Waals surface area contributed by atoms with Gasteiger partial charge in [0.25, 0.3) is 0 Å². The first-order valence-corrected chi connectivity index (χ1v) is 5.81. The number of anilines is 1. The van der Waals surface area contributed by atoms with E-state index in [1.54, 1.807) is 12.3 Å². The van der Waals surface area contributed by atoms with Gasteiger partial charge < -0.3 is 15.3 Å². The zero-order valence-corrected chi connectivity index (χ0v) is 9.89. The Morgan fingerprint density at radius 3 is 2.88 bits per heavy atom. The van der Waals surface area contributed by atoms with Crippen LogP contribution in [0.5, 0.6) is 0 Å². The van der Waals surface area contributed by atoms with Gasteiger partial charge in [0, 0.05) is 19.3 Å². The predicted octanol–water partition coefficient (Wildman–Crippen LogP) is 0.968. The highest BCUT2D eigenvalue weighted by atomic mass is 16.4. The molecule has 92 valence electrons. The third-order valence-corrected chi connectivity index (χ3v) is 3.27. The minimum Gasteiger partial charge on any atom is -0.478 e. The molecular weight excluding hydrogens is 218 g/mol. The van der Waals surface area contributed by atoms with Gasteiger partial charge in [-0.05, 0) is 32.0 Å². The van der Waals surface area contributed by atoms with E-state index in [4.69, 9.17) is 5.11 Å². The summed E-state index contributed by atoms with van der Waals surface area (Å²) in [4.78, 5) is 17.2. The highest BCUT2D eigenvalue weighted by Crippen LogP contribution is 2.23. The molecule has 1 aliphatic heterocycles. The number of aromatic carboxylic acids is 1. The number of aromatic nitrogens is 1. The highest BCUT2D eigenvalue weighted by molar-refractivity contribution is 5.94. The first-order valence-electron chi connectivity index (χ1n) is 5.81. The summed E-state index contributed by atoms with van der Waals surface area (Å²) >= 11 is 0. The molecule has 2 heterocycles. The topological polar surface area (TPSA) is 65.5 Å². The minimum atomic E-state index is -0.900. The number of nitrogens with one attached hydrogen (secondary N) is 1. The molecule has 1 aromatic rings. The van der Waals surface area contributed by atoms with Crippen LogP contribution in [-0.4, -0.2) is 42.2 Å². The lowest BCUT2D eigenvalue weighted by Crippen LogP contribution is -2.41. The second-order valence-corrected chi connectivity index (χ2v) is 4.29. The molecule has 0 aliphatic carbocycles. The molecule has 0 bridgehead atoms. The van der Waals surface area contributed by atoms with Crippen molar-refractivity contribution < 1.29 is 9.90 Å². The largest absolute Gasteiger partial charge is 0.478 e. The Hall–Kier alpha value is -1.62. The second kappa shape index (κ2) is 5.14. The third-order valence-electron chi connectivity index (χ3n) is 3.27. The quantitative estimate of drug-likeness (QED) is 0.817. The molecule has 17 heavy (non-hydrogen) atoms. The van der Waals surface area contributed by atoms with Crippen LogP contribution in [0.3, 0.4) is 0 Å². The van der Waals surface area contributed by atoms with Crippen molar-refractivity contribution in [1.82, 2.24) is 10.3 Å². The Kier molecular flexibility index (Phi) is 3.58. The first kappa shape index (κ1) is 11.9. The number of carboxylic acid groups (broad SMARTS) is 1. The number of hydrogen-bond donors (Lipinski definition) is 2. The Balaban J connectivity index is 2.23. The molecule has 0 amide bonds. The van der Waals surface area contributed by atoms with Crippen molar-refractivity contribution in [2.75, 3.05) is 25.0 Å². The van der Waals surface area contributed by atoms with E-state index in [0.29, 0.717) is 17.3 Å². The Morgan fingerprint density at radius 1 is 1.53 bits per heavy atom. The van der Waals surface area contributed by atoms with E-state index in [9.17, 15) is 4.79 Å². The van der Waals surface area contributed by atoms with E-state index in [2.05, 4.69) is 10.3 Å². The van der Waals surface area contributed by atoms with Crippen molar-refractivity contribution in [3.63, 3.8) is 0 Å². The van der Waals surface area contributed by atoms with Gasteiger partial charge in [-0.2, -0.15) is 0 Å². The fourth-order valence-electron chi connectivity index (χ4n) is 2.24. The van der Waals surface area contributed by atoms with Crippen LogP contribution in [0.2, 0.25) is 0 Å². The van der Waals surface area contributed by atoms with Crippen LogP contribution in [-0.2, 0) is 0 Å². The van der Waals surface area contributed by atoms with Crippen LogP contribution >= 0.6 is 0 Å². The summed E-state index contributed by atoms with van der Waals surface area (Å²) in [5.41, 5.74) is 1.02. The summed E-state index contributed by atoms with van der Waals surface area (Å²) in [6.45, 7) is 1.97. The van der Waals surface area contributed by atoms with E-state index >= 15 is 0 Å². The summed E-state index contributed by atoms with van der Waals surface area (Å²) in [5.74, 6) is -0.900. The van der Waals surface area contributed by atoms with Gasteiger partial charge in [-0.3, -0.25) is 4.98 Å². The highest BCUT2D eigenvalue weighted by Gasteiger charge is 2.21. The van der Waals surface area contributed by atoms with Crippen molar-refractivity contribution in [1.29, 1.82) is 0 Å². The van der Waals surface area contributed by atoms with Crippen molar-refractivity contribution in [2.24, 2.45) is 0 Å². The summed E-state index contributed by atoms with van der Waals surface area (Å²) in [5, 5.41) is 12.4. The molecule has 5 nitrogen and oxygen atoms in total. The lowest BCUT2D eigenvalue weighted by Gasteiger charge is -2.33. The Bertz CT molecular complexity index is 402. The van der Waals surface area contributed by atoms with Crippen LogP contribution < -0.4 is 10.2 Å². The zero-order valence-electron chi connectivity index (χ0n) is 9.89. The number of hydrogen-bond acceptors (Lipinski definition) is 4. The molecule has 0 saturated carbocycles. The average Bonchev–Trinajstić information content (AvgIpc) is 2.39. The van der Waals surface area contributed by atoms with Gasteiger partial charge in [-0.1, -0.05) is 0 Å². The smallest absolute Gasteiger partial charge is 0.337 e. The standard InChI is InChI=1S/C12H17N3O2/c1-15(9-2-5-13-6-3-9)11-8-14-7-4-10(11)12(16)17/h4,7-9,13H,2-3,5-6H2,1H3,(H,16,17). The molecule has 0 spiro atoms. The van der Waals surface area contributed by atoms with Crippen molar-refractivity contribution >= 4 is 11.7 Å². The first-order chi connectivity index (χ1) is 8.20. The molecule has 1 fully saturated rings. The number of pyridine rings is 1. The summed E-state index contributed by atoms with van der Waals surface area (Å²) in [6.07, 6.45) is 5.21. The molecule has 1 saturated heterocycles. The van der Waals surface area contributed by atoms with Gasteiger partial charge in [0.15, 0.2) is 0 Å². The molecule has 0 radical (unpaired) electrons. The normalized spacial score (nSPS) is 16.8. The number of carbonyl (C=O) groups is 1. The fraction of sp³-hybridized carbons (Fsp3) is 0.500. The number of piperidine rings is 1. The van der Waals surface area contributed by atoms with Gasteiger partial charge in [-0.15, -0.1) is 0 Å². The number of carboxylic acids is 1. The molecule has 0 aromatic carbocycles. The zero-order chi connectivity index (χ0) is 12.3. The van der Waals surface area contributed by atoms with Crippen molar-refractivity contribution in [3.05, 3.63) is 24.0 Å². The van der Waals surface area contributed by atoms with E-state index in [-0.39, 0.29) is 0 Å².